The third-order valence-electron chi connectivity index (χ3n) is 2.36. The number of aromatic nitrogens is 2. The van der Waals surface area contributed by atoms with Gasteiger partial charge in [-0.2, -0.15) is 13.2 Å². The molecule has 1 aromatic heterocycles. The van der Waals surface area contributed by atoms with E-state index in [0.29, 0.717) is 10.6 Å². The molecule has 7 heteroatoms. The average molecular weight is 329 g/mol. The van der Waals surface area contributed by atoms with E-state index < -0.39 is 11.9 Å². The molecule has 0 radical (unpaired) electrons. The van der Waals surface area contributed by atoms with Crippen molar-refractivity contribution in [1.82, 2.24) is 9.97 Å². The molecule has 108 valence electrons. The zero-order chi connectivity index (χ0) is 15.5. The largest absolute Gasteiger partial charge is 0.433 e. The van der Waals surface area contributed by atoms with Gasteiger partial charge in [0.2, 0.25) is 0 Å². The van der Waals surface area contributed by atoms with Crippen LogP contribution in [-0.4, -0.2) is 16.2 Å². The number of hydrogen-bond donors (Lipinski definition) is 0. The first-order valence-electron chi connectivity index (χ1n) is 5.66. The molecule has 0 atom stereocenters. The van der Waals surface area contributed by atoms with Crippen LogP contribution in [0.5, 0.6) is 0 Å². The topological polar surface area (TPSA) is 25.8 Å². The van der Waals surface area contributed by atoms with Crippen LogP contribution in [0, 0.1) is 11.8 Å². The fourth-order valence-corrected chi connectivity index (χ4v) is 1.90. The molecule has 2 aromatic rings. The van der Waals surface area contributed by atoms with Crippen molar-refractivity contribution in [2.24, 2.45) is 0 Å². The van der Waals surface area contributed by atoms with Gasteiger partial charge in [-0.15, -0.1) is 0 Å². The van der Waals surface area contributed by atoms with Crippen molar-refractivity contribution in [3.63, 3.8) is 0 Å². The summed E-state index contributed by atoms with van der Waals surface area (Å²) in [6.07, 6.45) is -2.92. The molecule has 2 nitrogen and oxygen atoms in total. The Bertz CT molecular complexity index is 703. The van der Waals surface area contributed by atoms with Crippen LogP contribution in [-0.2, 0) is 6.18 Å². The third-order valence-corrected chi connectivity index (χ3v) is 3.16. The SMILES string of the molecule is CSc1nc(C#Cc2ccc(Cl)cc2)cc(C(F)(F)F)n1. The Kier molecular flexibility index (Phi) is 4.76. The monoisotopic (exact) mass is 328 g/mol. The first-order chi connectivity index (χ1) is 9.88. The Balaban J connectivity index is 2.38. The minimum Gasteiger partial charge on any atom is -0.218 e. The number of rotatable bonds is 1. The molecule has 0 amide bonds. The first-order valence-corrected chi connectivity index (χ1v) is 7.26. The zero-order valence-corrected chi connectivity index (χ0v) is 12.3. The molecule has 0 aliphatic rings. The van der Waals surface area contributed by atoms with E-state index in [4.69, 9.17) is 11.6 Å². The van der Waals surface area contributed by atoms with Crippen LogP contribution in [0.1, 0.15) is 17.0 Å². The summed E-state index contributed by atoms with van der Waals surface area (Å²) in [4.78, 5) is 7.38. The number of benzene rings is 1. The minimum absolute atomic E-state index is 0.0247. The summed E-state index contributed by atoms with van der Waals surface area (Å²) < 4.78 is 38.2. The van der Waals surface area contributed by atoms with Crippen LogP contribution < -0.4 is 0 Å². The quantitative estimate of drug-likeness (QED) is 0.444. The van der Waals surface area contributed by atoms with Gasteiger partial charge in [-0.1, -0.05) is 29.3 Å². The van der Waals surface area contributed by atoms with E-state index in [2.05, 4.69) is 21.8 Å². The van der Waals surface area contributed by atoms with Gasteiger partial charge in [0.15, 0.2) is 5.16 Å². The third kappa shape index (κ3) is 4.38. The summed E-state index contributed by atoms with van der Waals surface area (Å²) in [5.74, 6) is 5.35. The second-order valence-electron chi connectivity index (χ2n) is 3.88. The van der Waals surface area contributed by atoms with Gasteiger partial charge in [0.05, 0.1) is 0 Å². The Morgan fingerprint density at radius 2 is 1.76 bits per heavy atom. The molecule has 0 aliphatic heterocycles. The maximum absolute atomic E-state index is 12.7. The van der Waals surface area contributed by atoms with E-state index >= 15 is 0 Å². The lowest BCUT2D eigenvalue weighted by atomic mass is 10.2. The normalized spacial score (nSPS) is 10.9. The Labute approximate surface area is 128 Å². The summed E-state index contributed by atoms with van der Waals surface area (Å²) >= 11 is 6.77. The van der Waals surface area contributed by atoms with Crippen LogP contribution in [0.15, 0.2) is 35.5 Å². The van der Waals surface area contributed by atoms with Crippen LogP contribution in [0.25, 0.3) is 0 Å². The van der Waals surface area contributed by atoms with Gasteiger partial charge in [0, 0.05) is 16.7 Å². The smallest absolute Gasteiger partial charge is 0.218 e. The van der Waals surface area contributed by atoms with Crippen LogP contribution >= 0.6 is 23.4 Å². The second-order valence-corrected chi connectivity index (χ2v) is 5.09. The van der Waals surface area contributed by atoms with Gasteiger partial charge >= 0.3 is 6.18 Å². The van der Waals surface area contributed by atoms with E-state index in [1.165, 1.54) is 0 Å². The molecule has 21 heavy (non-hydrogen) atoms. The Morgan fingerprint density at radius 1 is 1.10 bits per heavy atom. The van der Waals surface area contributed by atoms with Gasteiger partial charge in [-0.05, 0) is 36.4 Å². The van der Waals surface area contributed by atoms with E-state index in [1.54, 1.807) is 30.5 Å². The standard InChI is InChI=1S/C14H8ClF3N2S/c1-21-13-19-11(8-12(20-13)14(16,17)18)7-4-9-2-5-10(15)6-3-9/h2-3,5-6,8H,1H3. The van der Waals surface area contributed by atoms with Gasteiger partial charge < -0.3 is 0 Å². The fraction of sp³-hybridized carbons (Fsp3) is 0.143. The molecule has 1 aromatic carbocycles. The summed E-state index contributed by atoms with van der Waals surface area (Å²) in [7, 11) is 0. The van der Waals surface area contributed by atoms with E-state index in [1.807, 2.05) is 0 Å². The molecular weight excluding hydrogens is 321 g/mol. The molecule has 0 saturated heterocycles. The lowest BCUT2D eigenvalue weighted by molar-refractivity contribution is -0.141. The molecule has 0 aliphatic carbocycles. The van der Waals surface area contributed by atoms with Gasteiger partial charge in [-0.25, -0.2) is 9.97 Å². The van der Waals surface area contributed by atoms with Crippen molar-refractivity contribution in [3.05, 3.63) is 52.3 Å². The average Bonchev–Trinajstić information content (AvgIpc) is 2.45. The highest BCUT2D eigenvalue weighted by Crippen LogP contribution is 2.28. The number of hydrogen-bond acceptors (Lipinski definition) is 3. The summed E-state index contributed by atoms with van der Waals surface area (Å²) in [5, 5.41) is 0.594. The maximum atomic E-state index is 12.7. The fourth-order valence-electron chi connectivity index (χ4n) is 1.40. The van der Waals surface area contributed by atoms with Crippen LogP contribution in [0.4, 0.5) is 13.2 Å². The molecule has 0 unspecified atom stereocenters. The molecular formula is C14H8ClF3N2S. The summed E-state index contributed by atoms with van der Waals surface area (Å²) in [6.45, 7) is 0. The molecule has 0 saturated carbocycles. The van der Waals surface area contributed by atoms with Crippen molar-refractivity contribution in [3.8, 4) is 11.8 Å². The van der Waals surface area contributed by atoms with Crippen molar-refractivity contribution in [2.75, 3.05) is 6.26 Å². The number of halogens is 4. The predicted octanol–water partition coefficient (Wildman–Crippen LogP) is 4.27. The van der Waals surface area contributed by atoms with Crippen molar-refractivity contribution >= 4 is 23.4 Å². The van der Waals surface area contributed by atoms with Crippen molar-refractivity contribution < 1.29 is 13.2 Å². The van der Waals surface area contributed by atoms with E-state index in [0.717, 1.165) is 17.8 Å². The number of thioether (sulfide) groups is 1. The molecule has 1 heterocycles. The zero-order valence-electron chi connectivity index (χ0n) is 10.7. The Morgan fingerprint density at radius 3 is 2.33 bits per heavy atom. The highest BCUT2D eigenvalue weighted by atomic mass is 35.5. The second kappa shape index (κ2) is 6.37. The number of nitrogens with zero attached hydrogens (tertiary/aromatic N) is 2. The van der Waals surface area contributed by atoms with E-state index in [-0.39, 0.29) is 10.9 Å². The van der Waals surface area contributed by atoms with Crippen LogP contribution in [0.2, 0.25) is 5.02 Å². The van der Waals surface area contributed by atoms with Gasteiger partial charge in [0.1, 0.15) is 11.4 Å². The molecule has 0 bridgehead atoms. The summed E-state index contributed by atoms with van der Waals surface area (Å²) in [6, 6.07) is 7.50. The molecule has 0 N–H and O–H groups in total. The maximum Gasteiger partial charge on any atom is 0.433 e. The lowest BCUT2D eigenvalue weighted by Gasteiger charge is -2.06. The Hall–Kier alpha value is -1.71. The molecule has 0 spiro atoms. The lowest BCUT2D eigenvalue weighted by Crippen LogP contribution is -2.10. The minimum atomic E-state index is -4.52. The predicted molar refractivity (Wildman–Crippen MR) is 76.2 cm³/mol. The van der Waals surface area contributed by atoms with Gasteiger partial charge in [0.25, 0.3) is 0 Å². The van der Waals surface area contributed by atoms with E-state index in [9.17, 15) is 13.2 Å². The highest BCUT2D eigenvalue weighted by molar-refractivity contribution is 7.98. The van der Waals surface area contributed by atoms with Crippen LogP contribution in [0.3, 0.4) is 0 Å². The highest BCUT2D eigenvalue weighted by Gasteiger charge is 2.33. The van der Waals surface area contributed by atoms with Crippen molar-refractivity contribution in [1.29, 1.82) is 0 Å². The summed E-state index contributed by atoms with van der Waals surface area (Å²) in [5.41, 5.74) is -0.337. The molecule has 0 fully saturated rings. The van der Waals surface area contributed by atoms with Gasteiger partial charge in [-0.3, -0.25) is 0 Å². The molecule has 2 rings (SSSR count). The van der Waals surface area contributed by atoms with Crippen molar-refractivity contribution in [2.45, 2.75) is 11.3 Å². The first kappa shape index (κ1) is 15.7. The number of alkyl halides is 3.